The fourth-order valence-corrected chi connectivity index (χ4v) is 2.39. The molecule has 1 aromatic carbocycles. The van der Waals surface area contributed by atoms with Crippen LogP contribution in [0.2, 0.25) is 5.02 Å². The monoisotopic (exact) mass is 276 g/mol. The summed E-state index contributed by atoms with van der Waals surface area (Å²) in [6.45, 7) is 0. The minimum atomic E-state index is -3.53. The van der Waals surface area contributed by atoms with E-state index >= 15 is 0 Å². The van der Waals surface area contributed by atoms with Crippen molar-refractivity contribution in [2.45, 2.75) is 12.5 Å². The Hall–Kier alpha value is -1.11. The zero-order chi connectivity index (χ0) is 13.1. The van der Waals surface area contributed by atoms with Gasteiger partial charge in [0, 0.05) is 17.4 Å². The number of carbonyl (C=O) groups is 1. The molecular weight excluding hydrogens is 266 g/mol. The van der Waals surface area contributed by atoms with Gasteiger partial charge in [-0.1, -0.05) is 29.8 Å². The largest absolute Gasteiger partial charge is 0.550 e. The molecule has 1 aromatic rings. The van der Waals surface area contributed by atoms with Gasteiger partial charge in [-0.25, -0.2) is 13.1 Å². The van der Waals surface area contributed by atoms with Crippen LogP contribution in [-0.4, -0.2) is 20.6 Å². The molecule has 17 heavy (non-hydrogen) atoms. The van der Waals surface area contributed by atoms with Crippen molar-refractivity contribution < 1.29 is 18.3 Å². The Morgan fingerprint density at radius 2 is 2.06 bits per heavy atom. The van der Waals surface area contributed by atoms with Crippen LogP contribution in [0.25, 0.3) is 0 Å². The fraction of sp³-hybridized carbons (Fsp3) is 0.300. The maximum Gasteiger partial charge on any atom is 0.209 e. The summed E-state index contributed by atoms with van der Waals surface area (Å²) >= 11 is 5.88. The number of carboxylic acids is 1. The van der Waals surface area contributed by atoms with Crippen molar-refractivity contribution in [1.29, 1.82) is 0 Å². The lowest BCUT2D eigenvalue weighted by Gasteiger charge is -2.19. The van der Waals surface area contributed by atoms with Crippen molar-refractivity contribution in [3.8, 4) is 0 Å². The van der Waals surface area contributed by atoms with Gasteiger partial charge in [0.1, 0.15) is 0 Å². The van der Waals surface area contributed by atoms with Crippen LogP contribution in [0, 0.1) is 0 Å². The summed E-state index contributed by atoms with van der Waals surface area (Å²) in [7, 11) is -3.53. The van der Waals surface area contributed by atoms with E-state index in [1.165, 1.54) is 0 Å². The van der Waals surface area contributed by atoms with E-state index in [1.807, 2.05) is 0 Å². The number of halogens is 1. The standard InChI is InChI=1S/C10H12ClNO4S/c1-17(15,16)12-9(6-10(13)14)7-4-2-3-5-8(7)11/h2-5,9,12H,6H2,1H3,(H,13,14)/p-1/t9-/m0/s1. The minimum Gasteiger partial charge on any atom is -0.550 e. The Labute approximate surface area is 104 Å². The van der Waals surface area contributed by atoms with Crippen molar-refractivity contribution in [3.63, 3.8) is 0 Å². The van der Waals surface area contributed by atoms with Crippen LogP contribution in [0.3, 0.4) is 0 Å². The van der Waals surface area contributed by atoms with Crippen molar-refractivity contribution in [1.82, 2.24) is 4.72 Å². The third-order valence-corrected chi connectivity index (χ3v) is 3.06. The van der Waals surface area contributed by atoms with Crippen LogP contribution in [-0.2, 0) is 14.8 Å². The molecule has 0 unspecified atom stereocenters. The highest BCUT2D eigenvalue weighted by atomic mass is 35.5. The molecule has 94 valence electrons. The molecule has 0 aliphatic carbocycles. The number of aliphatic carboxylic acids is 1. The van der Waals surface area contributed by atoms with E-state index in [2.05, 4.69) is 4.72 Å². The molecule has 0 spiro atoms. The van der Waals surface area contributed by atoms with E-state index in [9.17, 15) is 18.3 Å². The lowest BCUT2D eigenvalue weighted by Crippen LogP contribution is -2.33. The van der Waals surface area contributed by atoms with Gasteiger partial charge in [-0.2, -0.15) is 0 Å². The lowest BCUT2D eigenvalue weighted by atomic mass is 10.1. The number of carbonyl (C=O) groups excluding carboxylic acids is 1. The second-order valence-corrected chi connectivity index (χ2v) is 5.73. The van der Waals surface area contributed by atoms with Crippen LogP contribution in [0.1, 0.15) is 18.0 Å². The van der Waals surface area contributed by atoms with Gasteiger partial charge >= 0.3 is 0 Å². The topological polar surface area (TPSA) is 86.3 Å². The highest BCUT2D eigenvalue weighted by Crippen LogP contribution is 2.25. The fourth-order valence-electron chi connectivity index (χ4n) is 1.40. The van der Waals surface area contributed by atoms with Gasteiger partial charge in [0.2, 0.25) is 10.0 Å². The Morgan fingerprint density at radius 1 is 1.47 bits per heavy atom. The zero-order valence-electron chi connectivity index (χ0n) is 9.01. The van der Waals surface area contributed by atoms with E-state index in [-0.39, 0.29) is 0 Å². The quantitative estimate of drug-likeness (QED) is 0.825. The average Bonchev–Trinajstić information content (AvgIpc) is 2.14. The first-order chi connectivity index (χ1) is 7.79. The zero-order valence-corrected chi connectivity index (χ0v) is 10.6. The van der Waals surface area contributed by atoms with Gasteiger partial charge in [-0.05, 0) is 11.6 Å². The third-order valence-electron chi connectivity index (χ3n) is 2.01. The summed E-state index contributed by atoms with van der Waals surface area (Å²) in [5.74, 6) is -1.36. The van der Waals surface area contributed by atoms with Gasteiger partial charge in [0.25, 0.3) is 0 Å². The molecular formula is C10H11ClNO4S-. The van der Waals surface area contributed by atoms with Crippen LogP contribution in [0.15, 0.2) is 24.3 Å². The predicted octanol–water partition coefficient (Wildman–Crippen LogP) is 0.0703. The molecule has 0 amide bonds. The van der Waals surface area contributed by atoms with Gasteiger partial charge in [-0.15, -0.1) is 0 Å². The Morgan fingerprint density at radius 3 is 2.53 bits per heavy atom. The van der Waals surface area contributed by atoms with Crippen LogP contribution < -0.4 is 9.83 Å². The van der Waals surface area contributed by atoms with Gasteiger partial charge in [-0.3, -0.25) is 0 Å². The second-order valence-electron chi connectivity index (χ2n) is 3.54. The number of hydrogen-bond donors (Lipinski definition) is 1. The van der Waals surface area contributed by atoms with Gasteiger partial charge in [0.15, 0.2) is 0 Å². The Balaban J connectivity index is 3.06. The first-order valence-electron chi connectivity index (χ1n) is 4.71. The van der Waals surface area contributed by atoms with E-state index in [4.69, 9.17) is 11.6 Å². The number of nitrogens with one attached hydrogen (secondary N) is 1. The predicted molar refractivity (Wildman–Crippen MR) is 61.8 cm³/mol. The summed E-state index contributed by atoms with van der Waals surface area (Å²) in [4.78, 5) is 10.6. The average molecular weight is 277 g/mol. The molecule has 0 bridgehead atoms. The smallest absolute Gasteiger partial charge is 0.209 e. The molecule has 0 aliphatic rings. The molecule has 5 nitrogen and oxygen atoms in total. The Bertz CT molecular complexity index is 515. The van der Waals surface area contributed by atoms with Crippen molar-refractivity contribution >= 4 is 27.6 Å². The highest BCUT2D eigenvalue weighted by Gasteiger charge is 2.18. The van der Waals surface area contributed by atoms with Crippen molar-refractivity contribution in [2.75, 3.05) is 6.26 Å². The first kappa shape index (κ1) is 14.0. The maximum atomic E-state index is 11.1. The highest BCUT2D eigenvalue weighted by molar-refractivity contribution is 7.88. The molecule has 0 saturated carbocycles. The molecule has 1 rings (SSSR count). The van der Waals surface area contributed by atoms with E-state index in [1.54, 1.807) is 24.3 Å². The maximum absolute atomic E-state index is 11.1. The number of hydrogen-bond acceptors (Lipinski definition) is 4. The summed E-state index contributed by atoms with van der Waals surface area (Å²) in [5.41, 5.74) is 0.406. The van der Waals surface area contributed by atoms with E-state index in [0.717, 1.165) is 6.26 Å². The van der Waals surface area contributed by atoms with Crippen LogP contribution in [0.4, 0.5) is 0 Å². The molecule has 0 aliphatic heterocycles. The SMILES string of the molecule is CS(=O)(=O)N[C@@H](CC(=O)[O-])c1ccccc1Cl. The van der Waals surface area contributed by atoms with Crippen molar-refractivity contribution in [2.24, 2.45) is 0 Å². The van der Waals surface area contributed by atoms with Crippen LogP contribution >= 0.6 is 11.6 Å². The lowest BCUT2D eigenvalue weighted by molar-refractivity contribution is -0.306. The second kappa shape index (κ2) is 5.48. The van der Waals surface area contributed by atoms with E-state index < -0.39 is 28.5 Å². The molecule has 7 heteroatoms. The molecule has 0 radical (unpaired) electrons. The Kier molecular flexibility index (Phi) is 4.50. The molecule has 1 atom stereocenters. The molecule has 0 heterocycles. The molecule has 0 saturated heterocycles. The summed E-state index contributed by atoms with van der Waals surface area (Å²) in [6.07, 6.45) is 0.475. The molecule has 0 aromatic heterocycles. The van der Waals surface area contributed by atoms with Crippen LogP contribution in [0.5, 0.6) is 0 Å². The molecule has 1 N–H and O–H groups in total. The number of rotatable bonds is 5. The number of benzene rings is 1. The van der Waals surface area contributed by atoms with Gasteiger partial charge < -0.3 is 9.90 Å². The van der Waals surface area contributed by atoms with Crippen molar-refractivity contribution in [3.05, 3.63) is 34.9 Å². The normalized spacial score (nSPS) is 13.3. The minimum absolute atomic E-state index is 0.301. The van der Waals surface area contributed by atoms with Gasteiger partial charge in [0.05, 0.1) is 12.3 Å². The first-order valence-corrected chi connectivity index (χ1v) is 6.98. The summed E-state index contributed by atoms with van der Waals surface area (Å²) in [6, 6.07) is 5.51. The number of sulfonamides is 1. The third kappa shape index (κ3) is 4.72. The summed E-state index contributed by atoms with van der Waals surface area (Å²) < 4.78 is 24.5. The number of carboxylic acid groups (broad SMARTS) is 1. The van der Waals surface area contributed by atoms with E-state index in [0.29, 0.717) is 10.6 Å². The summed E-state index contributed by atoms with van der Waals surface area (Å²) in [5, 5.41) is 10.9. The molecule has 0 fully saturated rings.